The quantitative estimate of drug-likeness (QED) is 0.496. The number of carbonyl (C=O) groups is 1. The zero-order chi connectivity index (χ0) is 19.2. The summed E-state index contributed by atoms with van der Waals surface area (Å²) >= 11 is 1.31. The first-order valence-electron chi connectivity index (χ1n) is 8.02. The van der Waals surface area contributed by atoms with Crippen LogP contribution in [-0.2, 0) is 4.79 Å². The van der Waals surface area contributed by atoms with Crippen LogP contribution in [0.25, 0.3) is 16.5 Å². The summed E-state index contributed by atoms with van der Waals surface area (Å²) in [6.45, 7) is 0. The maximum atomic E-state index is 13.9. The summed E-state index contributed by atoms with van der Waals surface area (Å²) < 4.78 is 19.0. The normalized spacial score (nSPS) is 10.9. The Morgan fingerprint density at radius 2 is 2.00 bits per heavy atom. The van der Waals surface area contributed by atoms with Crippen LogP contribution < -0.4 is 10.1 Å². The predicted molar refractivity (Wildman–Crippen MR) is 105 cm³/mol. The predicted octanol–water partition coefficient (Wildman–Crippen LogP) is 5.11. The van der Waals surface area contributed by atoms with Crippen molar-refractivity contribution in [2.75, 3.05) is 12.4 Å². The molecule has 27 heavy (non-hydrogen) atoms. The van der Waals surface area contributed by atoms with Crippen LogP contribution in [0.4, 0.5) is 10.1 Å². The lowest BCUT2D eigenvalue weighted by Gasteiger charge is -2.06. The molecule has 0 saturated heterocycles. The van der Waals surface area contributed by atoms with Crippen LogP contribution in [0.5, 0.6) is 5.75 Å². The second-order valence-corrected chi connectivity index (χ2v) is 6.65. The Morgan fingerprint density at radius 3 is 2.74 bits per heavy atom. The van der Waals surface area contributed by atoms with Crippen LogP contribution in [0.1, 0.15) is 4.88 Å². The van der Waals surface area contributed by atoms with Gasteiger partial charge >= 0.3 is 0 Å². The third-order valence-electron chi connectivity index (χ3n) is 3.75. The fourth-order valence-electron chi connectivity index (χ4n) is 2.43. The summed E-state index contributed by atoms with van der Waals surface area (Å²) in [5.74, 6) is -0.235. The molecule has 0 atom stereocenters. The van der Waals surface area contributed by atoms with Crippen LogP contribution in [0, 0.1) is 17.1 Å². The molecule has 1 N–H and O–H groups in total. The average Bonchev–Trinajstić information content (AvgIpc) is 3.15. The number of carbonyl (C=O) groups excluding carboxylic acids is 1. The maximum Gasteiger partial charge on any atom is 0.266 e. The number of benzene rings is 2. The zero-order valence-corrected chi connectivity index (χ0v) is 15.2. The molecular formula is C21H15FN2O2S. The third kappa shape index (κ3) is 4.40. The molecular weight excluding hydrogens is 363 g/mol. The Balaban J connectivity index is 1.81. The van der Waals surface area contributed by atoms with E-state index in [-0.39, 0.29) is 11.4 Å². The molecule has 1 aromatic heterocycles. The van der Waals surface area contributed by atoms with Gasteiger partial charge in [-0.05, 0) is 36.4 Å². The minimum atomic E-state index is -0.522. The van der Waals surface area contributed by atoms with E-state index >= 15 is 0 Å². The zero-order valence-electron chi connectivity index (χ0n) is 14.4. The molecule has 0 radical (unpaired) electrons. The van der Waals surface area contributed by atoms with Crippen molar-refractivity contribution in [2.24, 2.45) is 0 Å². The lowest BCUT2D eigenvalue weighted by Crippen LogP contribution is -2.13. The first-order valence-corrected chi connectivity index (χ1v) is 8.84. The van der Waals surface area contributed by atoms with Gasteiger partial charge in [-0.3, -0.25) is 4.79 Å². The molecule has 0 aliphatic carbocycles. The SMILES string of the molecule is COc1cccc(NC(=O)/C(C#N)=C/c2ccc(-c3ccccc3F)s2)c1. The van der Waals surface area contributed by atoms with Gasteiger partial charge < -0.3 is 10.1 Å². The fraction of sp³-hybridized carbons (Fsp3) is 0.0476. The highest BCUT2D eigenvalue weighted by Crippen LogP contribution is 2.31. The van der Waals surface area contributed by atoms with Crippen molar-refractivity contribution in [3.8, 4) is 22.3 Å². The highest BCUT2D eigenvalue weighted by Gasteiger charge is 2.12. The number of thiophene rings is 1. The Morgan fingerprint density at radius 1 is 1.19 bits per heavy atom. The van der Waals surface area contributed by atoms with E-state index in [0.717, 1.165) is 4.88 Å². The van der Waals surface area contributed by atoms with Gasteiger partial charge in [0, 0.05) is 27.1 Å². The molecule has 1 amide bonds. The van der Waals surface area contributed by atoms with Crippen LogP contribution in [-0.4, -0.2) is 13.0 Å². The number of ether oxygens (including phenoxy) is 1. The summed E-state index contributed by atoms with van der Waals surface area (Å²) in [5, 5.41) is 12.0. The molecule has 0 aliphatic heterocycles. The summed E-state index contributed by atoms with van der Waals surface area (Å²) in [7, 11) is 1.53. The molecule has 0 spiro atoms. The van der Waals surface area contributed by atoms with E-state index in [0.29, 0.717) is 21.9 Å². The van der Waals surface area contributed by atoms with Gasteiger partial charge in [0.2, 0.25) is 0 Å². The van der Waals surface area contributed by atoms with Crippen LogP contribution in [0.3, 0.4) is 0 Å². The molecule has 0 aliphatic rings. The minimum Gasteiger partial charge on any atom is -0.497 e. The van der Waals surface area contributed by atoms with Crippen molar-refractivity contribution in [2.45, 2.75) is 0 Å². The monoisotopic (exact) mass is 378 g/mol. The molecule has 3 rings (SSSR count). The number of anilines is 1. The first kappa shape index (κ1) is 18.4. The Labute approximate surface area is 160 Å². The Kier molecular flexibility index (Phi) is 5.64. The molecule has 0 saturated carbocycles. The smallest absolute Gasteiger partial charge is 0.266 e. The minimum absolute atomic E-state index is 0.0419. The summed E-state index contributed by atoms with van der Waals surface area (Å²) in [4.78, 5) is 13.8. The molecule has 1 heterocycles. The lowest BCUT2D eigenvalue weighted by atomic mass is 10.2. The number of nitriles is 1. The molecule has 134 valence electrons. The second-order valence-electron chi connectivity index (χ2n) is 5.54. The number of hydrogen-bond acceptors (Lipinski definition) is 4. The largest absolute Gasteiger partial charge is 0.497 e. The third-order valence-corrected chi connectivity index (χ3v) is 4.81. The highest BCUT2D eigenvalue weighted by atomic mass is 32.1. The fourth-order valence-corrected chi connectivity index (χ4v) is 3.40. The summed E-state index contributed by atoms with van der Waals surface area (Å²) in [6.07, 6.45) is 1.49. The number of rotatable bonds is 5. The Hall–Kier alpha value is -3.43. The van der Waals surface area contributed by atoms with Crippen LogP contribution in [0.15, 0.2) is 66.2 Å². The van der Waals surface area contributed by atoms with Crippen molar-refractivity contribution >= 4 is 29.0 Å². The van der Waals surface area contributed by atoms with Gasteiger partial charge in [-0.15, -0.1) is 11.3 Å². The summed E-state index contributed by atoms with van der Waals surface area (Å²) in [6, 6.07) is 18.8. The first-order chi connectivity index (χ1) is 13.1. The van der Waals surface area contributed by atoms with Gasteiger partial charge in [-0.1, -0.05) is 24.3 Å². The van der Waals surface area contributed by atoms with E-state index in [9.17, 15) is 14.4 Å². The number of amides is 1. The molecule has 2 aromatic carbocycles. The standard InChI is InChI=1S/C21H15FN2O2S/c1-26-16-6-4-5-15(12-16)24-21(25)14(13-23)11-17-9-10-20(27-17)18-7-2-3-8-19(18)22/h2-12H,1H3,(H,24,25)/b14-11+. The second kappa shape index (κ2) is 8.30. The van der Waals surface area contributed by atoms with Crippen LogP contribution in [0.2, 0.25) is 0 Å². The van der Waals surface area contributed by atoms with Crippen molar-refractivity contribution < 1.29 is 13.9 Å². The molecule has 3 aromatic rings. The van der Waals surface area contributed by atoms with Gasteiger partial charge in [-0.2, -0.15) is 5.26 Å². The van der Waals surface area contributed by atoms with Gasteiger partial charge in [0.25, 0.3) is 5.91 Å². The molecule has 0 bridgehead atoms. The van der Waals surface area contributed by atoms with Gasteiger partial charge in [0.05, 0.1) is 7.11 Å². The maximum absolute atomic E-state index is 13.9. The van der Waals surface area contributed by atoms with Crippen molar-refractivity contribution in [1.82, 2.24) is 0 Å². The van der Waals surface area contributed by atoms with Gasteiger partial charge in [0.1, 0.15) is 23.2 Å². The topological polar surface area (TPSA) is 62.1 Å². The summed E-state index contributed by atoms with van der Waals surface area (Å²) in [5.41, 5.74) is 0.972. The number of halogens is 1. The molecule has 4 nitrogen and oxygen atoms in total. The van der Waals surface area contributed by atoms with Gasteiger partial charge in [0.15, 0.2) is 0 Å². The average molecular weight is 378 g/mol. The van der Waals surface area contributed by atoms with E-state index in [4.69, 9.17) is 4.74 Å². The highest BCUT2D eigenvalue weighted by molar-refractivity contribution is 7.16. The van der Waals surface area contributed by atoms with E-state index in [1.165, 1.54) is 30.6 Å². The molecule has 6 heteroatoms. The lowest BCUT2D eigenvalue weighted by molar-refractivity contribution is -0.112. The van der Waals surface area contributed by atoms with Crippen LogP contribution >= 0.6 is 11.3 Å². The Bertz CT molecular complexity index is 1050. The number of methoxy groups -OCH3 is 1. The van der Waals surface area contributed by atoms with E-state index in [1.54, 1.807) is 54.6 Å². The number of nitrogens with one attached hydrogen (secondary N) is 1. The molecule has 0 unspecified atom stereocenters. The van der Waals surface area contributed by atoms with E-state index in [1.807, 2.05) is 6.07 Å². The number of hydrogen-bond donors (Lipinski definition) is 1. The van der Waals surface area contributed by atoms with Crippen molar-refractivity contribution in [1.29, 1.82) is 5.26 Å². The van der Waals surface area contributed by atoms with Crippen molar-refractivity contribution in [3.05, 3.63) is 76.9 Å². The van der Waals surface area contributed by atoms with Crippen molar-refractivity contribution in [3.63, 3.8) is 0 Å². The van der Waals surface area contributed by atoms with E-state index in [2.05, 4.69) is 5.32 Å². The number of nitrogens with zero attached hydrogens (tertiary/aromatic N) is 1. The van der Waals surface area contributed by atoms with Gasteiger partial charge in [-0.25, -0.2) is 4.39 Å². The van der Waals surface area contributed by atoms with E-state index < -0.39 is 5.91 Å². The molecule has 0 fully saturated rings.